The molecule has 2 N–H and O–H groups in total. The van der Waals surface area contributed by atoms with Crippen LogP contribution in [0.15, 0.2) is 29.2 Å². The average Bonchev–Trinajstić information content (AvgIpc) is 2.76. The number of rotatable bonds is 5. The van der Waals surface area contributed by atoms with Gasteiger partial charge in [-0.2, -0.15) is 0 Å². The van der Waals surface area contributed by atoms with Crippen molar-refractivity contribution < 1.29 is 4.74 Å². The topological polar surface area (TPSA) is 35.2 Å². The molecule has 1 aromatic carbocycles. The molecule has 0 spiro atoms. The molecule has 0 bridgehead atoms. The Bertz CT molecular complexity index is 339. The van der Waals surface area contributed by atoms with Crippen molar-refractivity contribution in [1.29, 1.82) is 0 Å². The normalized spacial score (nSPS) is 23.9. The first-order chi connectivity index (χ1) is 8.29. The van der Waals surface area contributed by atoms with Gasteiger partial charge in [0.25, 0.3) is 0 Å². The van der Waals surface area contributed by atoms with Crippen molar-refractivity contribution in [2.75, 3.05) is 12.9 Å². The van der Waals surface area contributed by atoms with Crippen LogP contribution in [0.25, 0.3) is 0 Å². The molecule has 1 saturated carbocycles. The Morgan fingerprint density at radius 3 is 2.65 bits per heavy atom. The molecule has 0 saturated heterocycles. The lowest BCUT2D eigenvalue weighted by molar-refractivity contribution is 0.414. The fraction of sp³-hybridized carbons (Fsp3) is 0.571. The van der Waals surface area contributed by atoms with Crippen LogP contribution in [0.1, 0.15) is 25.7 Å². The van der Waals surface area contributed by atoms with E-state index >= 15 is 0 Å². The van der Waals surface area contributed by atoms with Crippen molar-refractivity contribution in [3.05, 3.63) is 24.3 Å². The summed E-state index contributed by atoms with van der Waals surface area (Å²) >= 11 is 1.92. The number of hydrogen-bond donors (Lipinski definition) is 1. The SMILES string of the molecule is COc1ccc(SCCC2CCCC2N)cc1. The summed E-state index contributed by atoms with van der Waals surface area (Å²) in [4.78, 5) is 1.32. The van der Waals surface area contributed by atoms with Crippen LogP contribution in [0.3, 0.4) is 0 Å². The molecule has 1 aromatic rings. The minimum Gasteiger partial charge on any atom is -0.497 e. The highest BCUT2D eigenvalue weighted by atomic mass is 32.2. The molecule has 2 rings (SSSR count). The standard InChI is InChI=1S/C14H21NOS/c1-16-12-5-7-13(8-6-12)17-10-9-11-3-2-4-14(11)15/h5-8,11,14H,2-4,9-10,15H2,1H3. The second-order valence-corrected chi connectivity index (χ2v) is 5.84. The summed E-state index contributed by atoms with van der Waals surface area (Å²) in [6.07, 6.45) is 5.11. The zero-order chi connectivity index (χ0) is 12.1. The number of thioether (sulfide) groups is 1. The highest BCUT2D eigenvalue weighted by molar-refractivity contribution is 7.99. The molecule has 94 valence electrons. The maximum absolute atomic E-state index is 6.07. The van der Waals surface area contributed by atoms with Gasteiger partial charge in [0.15, 0.2) is 0 Å². The summed E-state index contributed by atoms with van der Waals surface area (Å²) in [5.74, 6) is 2.85. The van der Waals surface area contributed by atoms with Crippen LogP contribution in [0.2, 0.25) is 0 Å². The minimum atomic E-state index is 0.450. The highest BCUT2D eigenvalue weighted by Crippen LogP contribution is 2.30. The lowest BCUT2D eigenvalue weighted by atomic mass is 10.0. The number of methoxy groups -OCH3 is 1. The lowest BCUT2D eigenvalue weighted by Gasteiger charge is -2.14. The molecule has 0 amide bonds. The molecule has 3 heteroatoms. The Labute approximate surface area is 108 Å². The molecule has 2 atom stereocenters. The first-order valence-corrected chi connectivity index (χ1v) is 7.30. The van der Waals surface area contributed by atoms with Gasteiger partial charge in [0.1, 0.15) is 5.75 Å². The molecule has 17 heavy (non-hydrogen) atoms. The van der Waals surface area contributed by atoms with Gasteiger partial charge in [0.2, 0.25) is 0 Å². The predicted octanol–water partition coefficient (Wildman–Crippen LogP) is 3.30. The Morgan fingerprint density at radius 1 is 1.29 bits per heavy atom. The average molecular weight is 251 g/mol. The molecule has 0 aliphatic heterocycles. The van der Waals surface area contributed by atoms with E-state index in [2.05, 4.69) is 12.1 Å². The van der Waals surface area contributed by atoms with Gasteiger partial charge >= 0.3 is 0 Å². The van der Waals surface area contributed by atoms with Crippen molar-refractivity contribution >= 4 is 11.8 Å². The third kappa shape index (κ3) is 3.65. The van der Waals surface area contributed by atoms with E-state index in [-0.39, 0.29) is 0 Å². The van der Waals surface area contributed by atoms with Crippen molar-refractivity contribution in [3.63, 3.8) is 0 Å². The maximum Gasteiger partial charge on any atom is 0.118 e. The van der Waals surface area contributed by atoms with Crippen LogP contribution >= 0.6 is 11.8 Å². The van der Waals surface area contributed by atoms with Crippen molar-refractivity contribution in [3.8, 4) is 5.75 Å². The molecular weight excluding hydrogens is 230 g/mol. The second kappa shape index (κ2) is 6.31. The third-order valence-corrected chi connectivity index (χ3v) is 4.58. The predicted molar refractivity (Wildman–Crippen MR) is 73.7 cm³/mol. The van der Waals surface area contributed by atoms with Crippen molar-refractivity contribution in [2.24, 2.45) is 11.7 Å². The van der Waals surface area contributed by atoms with Crippen LogP contribution in [0, 0.1) is 5.92 Å². The van der Waals surface area contributed by atoms with E-state index in [4.69, 9.17) is 10.5 Å². The Kier molecular flexibility index (Phi) is 4.75. The number of ether oxygens (including phenoxy) is 1. The Hall–Kier alpha value is -0.670. The number of benzene rings is 1. The molecule has 1 fully saturated rings. The summed E-state index contributed by atoms with van der Waals surface area (Å²) in [5.41, 5.74) is 6.07. The summed E-state index contributed by atoms with van der Waals surface area (Å²) in [7, 11) is 1.70. The largest absolute Gasteiger partial charge is 0.497 e. The number of nitrogens with two attached hydrogens (primary N) is 1. The van der Waals surface area contributed by atoms with Crippen LogP contribution in [0.4, 0.5) is 0 Å². The Morgan fingerprint density at radius 2 is 2.06 bits per heavy atom. The fourth-order valence-electron chi connectivity index (χ4n) is 2.42. The van der Waals surface area contributed by atoms with E-state index in [1.165, 1.54) is 36.3 Å². The molecule has 2 nitrogen and oxygen atoms in total. The van der Waals surface area contributed by atoms with Crippen molar-refractivity contribution in [2.45, 2.75) is 36.6 Å². The van der Waals surface area contributed by atoms with Gasteiger partial charge in [-0.3, -0.25) is 0 Å². The summed E-state index contributed by atoms with van der Waals surface area (Å²) < 4.78 is 5.14. The fourth-order valence-corrected chi connectivity index (χ4v) is 3.41. The molecule has 0 aromatic heterocycles. The summed E-state index contributed by atoms with van der Waals surface area (Å²) in [6, 6.07) is 8.73. The van der Waals surface area contributed by atoms with E-state index in [1.54, 1.807) is 7.11 Å². The van der Waals surface area contributed by atoms with Gasteiger partial charge in [-0.25, -0.2) is 0 Å². The lowest BCUT2D eigenvalue weighted by Crippen LogP contribution is -2.24. The van der Waals surface area contributed by atoms with Crippen LogP contribution < -0.4 is 10.5 Å². The van der Waals surface area contributed by atoms with E-state index < -0.39 is 0 Å². The van der Waals surface area contributed by atoms with E-state index in [0.29, 0.717) is 6.04 Å². The molecule has 2 unspecified atom stereocenters. The van der Waals surface area contributed by atoms with E-state index in [1.807, 2.05) is 23.9 Å². The first kappa shape index (κ1) is 12.8. The highest BCUT2D eigenvalue weighted by Gasteiger charge is 2.22. The number of hydrogen-bond acceptors (Lipinski definition) is 3. The zero-order valence-corrected chi connectivity index (χ0v) is 11.2. The summed E-state index contributed by atoms with van der Waals surface area (Å²) in [6.45, 7) is 0. The molecular formula is C14H21NOS. The van der Waals surface area contributed by atoms with Crippen molar-refractivity contribution in [1.82, 2.24) is 0 Å². The van der Waals surface area contributed by atoms with Gasteiger partial charge < -0.3 is 10.5 Å². The molecule has 0 radical (unpaired) electrons. The minimum absolute atomic E-state index is 0.450. The van der Waals surface area contributed by atoms with Crippen LogP contribution in [0.5, 0.6) is 5.75 Å². The Balaban J connectivity index is 1.73. The van der Waals surface area contributed by atoms with Gasteiger partial charge in [0.05, 0.1) is 7.11 Å². The van der Waals surface area contributed by atoms with E-state index in [0.717, 1.165) is 11.7 Å². The van der Waals surface area contributed by atoms with E-state index in [9.17, 15) is 0 Å². The van der Waals surface area contributed by atoms with Gasteiger partial charge in [0, 0.05) is 10.9 Å². The van der Waals surface area contributed by atoms with Gasteiger partial charge in [-0.05, 0) is 55.2 Å². The summed E-state index contributed by atoms with van der Waals surface area (Å²) in [5, 5.41) is 0. The monoisotopic (exact) mass is 251 g/mol. The first-order valence-electron chi connectivity index (χ1n) is 6.32. The smallest absolute Gasteiger partial charge is 0.118 e. The molecule has 0 heterocycles. The zero-order valence-electron chi connectivity index (χ0n) is 10.4. The molecule has 1 aliphatic carbocycles. The van der Waals surface area contributed by atoms with Gasteiger partial charge in [-0.15, -0.1) is 11.8 Å². The van der Waals surface area contributed by atoms with Gasteiger partial charge in [-0.1, -0.05) is 6.42 Å². The molecule has 1 aliphatic rings. The van der Waals surface area contributed by atoms with Crippen LogP contribution in [-0.2, 0) is 0 Å². The second-order valence-electron chi connectivity index (χ2n) is 4.67. The maximum atomic E-state index is 6.07. The van der Waals surface area contributed by atoms with Crippen LogP contribution in [-0.4, -0.2) is 18.9 Å². The third-order valence-electron chi connectivity index (χ3n) is 3.53. The quantitative estimate of drug-likeness (QED) is 0.815.